The fourth-order valence-electron chi connectivity index (χ4n) is 2.17. The number of carbonyl (C=O) groups is 1. The van der Waals surface area contributed by atoms with Gasteiger partial charge in [0.25, 0.3) is 0 Å². The van der Waals surface area contributed by atoms with Crippen LogP contribution in [-0.4, -0.2) is 11.1 Å². The molecule has 0 heterocycles. The molecule has 0 amide bonds. The predicted molar refractivity (Wildman–Crippen MR) is 41.2 cm³/mol. The van der Waals surface area contributed by atoms with Crippen LogP contribution in [0.3, 0.4) is 0 Å². The summed E-state index contributed by atoms with van der Waals surface area (Å²) in [4.78, 5) is 10.7. The van der Waals surface area contributed by atoms with Gasteiger partial charge < -0.3 is 5.11 Å². The van der Waals surface area contributed by atoms with Crippen molar-refractivity contribution < 1.29 is 9.90 Å². The minimum absolute atomic E-state index is 0.404. The lowest BCUT2D eigenvalue weighted by Gasteiger charge is -2.39. The molecule has 1 saturated carbocycles. The summed E-state index contributed by atoms with van der Waals surface area (Å²) in [6, 6.07) is 0. The lowest BCUT2D eigenvalue weighted by atomic mass is 9.65. The van der Waals surface area contributed by atoms with Gasteiger partial charge in [-0.3, -0.25) is 0 Å². The first-order valence-electron chi connectivity index (χ1n) is 4.22. The third-order valence-electron chi connectivity index (χ3n) is 2.97. The Kier molecular flexibility index (Phi) is 1.48. The number of allylic oxidation sites excluding steroid dienone is 1. The van der Waals surface area contributed by atoms with Crippen molar-refractivity contribution in [2.45, 2.75) is 25.7 Å². The van der Waals surface area contributed by atoms with E-state index >= 15 is 0 Å². The summed E-state index contributed by atoms with van der Waals surface area (Å²) in [7, 11) is 0. The molecule has 0 spiro atoms. The van der Waals surface area contributed by atoms with Crippen LogP contribution in [0.15, 0.2) is 11.6 Å². The number of hydrogen-bond acceptors (Lipinski definition) is 1. The highest BCUT2D eigenvalue weighted by molar-refractivity contribution is 5.87. The average molecular weight is 152 g/mol. The molecule has 0 aromatic rings. The maximum absolute atomic E-state index is 10.7. The van der Waals surface area contributed by atoms with Gasteiger partial charge in [-0.2, -0.15) is 0 Å². The van der Waals surface area contributed by atoms with Crippen LogP contribution >= 0.6 is 0 Å². The summed E-state index contributed by atoms with van der Waals surface area (Å²) in [5, 5.41) is 8.79. The Morgan fingerprint density at radius 1 is 1.45 bits per heavy atom. The summed E-state index contributed by atoms with van der Waals surface area (Å²) >= 11 is 0. The van der Waals surface area contributed by atoms with E-state index in [0.717, 1.165) is 12.8 Å². The molecular formula is C9H12O2. The summed E-state index contributed by atoms with van der Waals surface area (Å²) < 4.78 is 0. The van der Waals surface area contributed by atoms with E-state index in [0.29, 0.717) is 17.4 Å². The molecule has 0 radical (unpaired) electrons. The lowest BCUT2D eigenvalue weighted by Crippen LogP contribution is -2.32. The van der Waals surface area contributed by atoms with Gasteiger partial charge in [0.15, 0.2) is 0 Å². The van der Waals surface area contributed by atoms with Crippen molar-refractivity contribution in [2.24, 2.45) is 11.8 Å². The second-order valence-corrected chi connectivity index (χ2v) is 3.49. The van der Waals surface area contributed by atoms with E-state index in [9.17, 15) is 4.79 Å². The number of hydrogen-bond donors (Lipinski definition) is 1. The van der Waals surface area contributed by atoms with Gasteiger partial charge >= 0.3 is 5.97 Å². The molecule has 2 nitrogen and oxygen atoms in total. The van der Waals surface area contributed by atoms with Crippen LogP contribution in [0.1, 0.15) is 25.7 Å². The molecule has 2 rings (SSSR count). The fraction of sp³-hybridized carbons (Fsp3) is 0.667. The van der Waals surface area contributed by atoms with Gasteiger partial charge in [-0.25, -0.2) is 4.79 Å². The first-order chi connectivity index (χ1) is 5.29. The Labute approximate surface area is 65.9 Å². The summed E-state index contributed by atoms with van der Waals surface area (Å²) in [5.74, 6) is 0.409. The molecule has 0 saturated heterocycles. The van der Waals surface area contributed by atoms with Crippen molar-refractivity contribution in [3.8, 4) is 0 Å². The smallest absolute Gasteiger partial charge is 0.331 e. The van der Waals surface area contributed by atoms with Crippen molar-refractivity contribution in [1.29, 1.82) is 0 Å². The topological polar surface area (TPSA) is 37.3 Å². The number of carboxylic acids is 1. The highest BCUT2D eigenvalue weighted by Gasteiger charge is 2.37. The van der Waals surface area contributed by atoms with Crippen molar-refractivity contribution in [3.63, 3.8) is 0 Å². The zero-order valence-corrected chi connectivity index (χ0v) is 6.42. The summed E-state index contributed by atoms with van der Waals surface area (Å²) in [6.07, 6.45) is 6.44. The Bertz CT molecular complexity index is 218. The van der Waals surface area contributed by atoms with Crippen LogP contribution in [0, 0.1) is 11.8 Å². The van der Waals surface area contributed by atoms with Gasteiger partial charge in [-0.05, 0) is 37.5 Å². The fourth-order valence-corrected chi connectivity index (χ4v) is 2.17. The molecule has 1 N–H and O–H groups in total. The molecule has 1 fully saturated rings. The number of aliphatic carboxylic acids is 1. The number of rotatable bonds is 1. The quantitative estimate of drug-likeness (QED) is 0.622. The summed E-state index contributed by atoms with van der Waals surface area (Å²) in [5.41, 5.74) is 0.688. The van der Waals surface area contributed by atoms with Crippen molar-refractivity contribution in [1.82, 2.24) is 0 Å². The molecule has 0 aromatic carbocycles. The molecule has 2 aliphatic carbocycles. The van der Waals surface area contributed by atoms with Gasteiger partial charge in [0.2, 0.25) is 0 Å². The Morgan fingerprint density at radius 3 is 2.73 bits per heavy atom. The summed E-state index contributed by atoms with van der Waals surface area (Å²) in [6.45, 7) is 0. The molecule has 0 aliphatic heterocycles. The monoisotopic (exact) mass is 152 g/mol. The third kappa shape index (κ3) is 0.971. The van der Waals surface area contributed by atoms with E-state index in [1.807, 2.05) is 6.08 Å². The zero-order valence-electron chi connectivity index (χ0n) is 6.42. The van der Waals surface area contributed by atoms with Gasteiger partial charge in [-0.1, -0.05) is 6.08 Å². The van der Waals surface area contributed by atoms with Crippen LogP contribution in [0.4, 0.5) is 0 Å². The third-order valence-corrected chi connectivity index (χ3v) is 2.97. The Hall–Kier alpha value is -0.790. The normalized spacial score (nSPS) is 35.1. The van der Waals surface area contributed by atoms with E-state index in [2.05, 4.69) is 0 Å². The predicted octanol–water partition coefficient (Wildman–Crippen LogP) is 1.82. The average Bonchev–Trinajstić information content (AvgIpc) is 1.90. The van der Waals surface area contributed by atoms with Crippen LogP contribution in [0.2, 0.25) is 0 Å². The van der Waals surface area contributed by atoms with Crippen LogP contribution in [0.25, 0.3) is 0 Å². The van der Waals surface area contributed by atoms with Crippen molar-refractivity contribution in [2.75, 3.05) is 0 Å². The van der Waals surface area contributed by atoms with Crippen LogP contribution in [-0.2, 0) is 4.79 Å². The first kappa shape index (κ1) is 6.89. The Morgan fingerprint density at radius 2 is 2.27 bits per heavy atom. The van der Waals surface area contributed by atoms with Gasteiger partial charge in [0, 0.05) is 5.57 Å². The Balaban J connectivity index is 2.18. The van der Waals surface area contributed by atoms with Gasteiger partial charge in [0.05, 0.1) is 0 Å². The lowest BCUT2D eigenvalue weighted by molar-refractivity contribution is -0.134. The number of fused-ring (bicyclic) bond motifs is 1. The molecule has 2 aliphatic rings. The second-order valence-electron chi connectivity index (χ2n) is 3.49. The first-order valence-corrected chi connectivity index (χ1v) is 4.22. The van der Waals surface area contributed by atoms with Gasteiger partial charge in [-0.15, -0.1) is 0 Å². The van der Waals surface area contributed by atoms with Crippen LogP contribution < -0.4 is 0 Å². The highest BCUT2D eigenvalue weighted by Crippen LogP contribution is 2.45. The van der Waals surface area contributed by atoms with E-state index in [1.165, 1.54) is 12.8 Å². The van der Waals surface area contributed by atoms with E-state index in [4.69, 9.17) is 5.11 Å². The maximum Gasteiger partial charge on any atom is 0.331 e. The number of carboxylic acid groups (broad SMARTS) is 1. The van der Waals surface area contributed by atoms with Crippen molar-refractivity contribution in [3.05, 3.63) is 11.6 Å². The molecule has 11 heavy (non-hydrogen) atoms. The molecular weight excluding hydrogens is 140 g/mol. The minimum Gasteiger partial charge on any atom is -0.478 e. The molecule has 2 heteroatoms. The second kappa shape index (κ2) is 2.36. The largest absolute Gasteiger partial charge is 0.478 e. The van der Waals surface area contributed by atoms with E-state index < -0.39 is 5.97 Å². The zero-order chi connectivity index (χ0) is 7.84. The van der Waals surface area contributed by atoms with Gasteiger partial charge in [0.1, 0.15) is 0 Å². The minimum atomic E-state index is -0.695. The van der Waals surface area contributed by atoms with E-state index in [-0.39, 0.29) is 0 Å². The molecule has 2 atom stereocenters. The molecule has 0 aromatic heterocycles. The molecule has 0 bridgehead atoms. The highest BCUT2D eigenvalue weighted by atomic mass is 16.4. The maximum atomic E-state index is 10.7. The van der Waals surface area contributed by atoms with Crippen LogP contribution in [0.5, 0.6) is 0 Å². The van der Waals surface area contributed by atoms with E-state index in [1.54, 1.807) is 0 Å². The molecule has 60 valence electrons. The molecule has 2 unspecified atom stereocenters. The van der Waals surface area contributed by atoms with Crippen molar-refractivity contribution >= 4 is 5.97 Å². The standard InChI is InChI=1S/C9H12O2/c10-9(11)8-3-1-2-6-4-5-7(6)8/h3,6-7H,1-2,4-5H2,(H,10,11). The SMILES string of the molecule is O=C(O)C1=CCCC2CCC12.